The van der Waals surface area contributed by atoms with Crippen molar-refractivity contribution in [1.82, 2.24) is 4.72 Å². The largest absolute Gasteiger partial charge is 0.495 e. The highest BCUT2D eigenvalue weighted by molar-refractivity contribution is 7.89. The molecule has 0 spiro atoms. The number of benzene rings is 2. The summed E-state index contributed by atoms with van der Waals surface area (Å²) < 4.78 is 69.9. The number of halogens is 3. The molecule has 0 amide bonds. The SMILES string of the molecule is COc1ccc([N+](=O)[O-])cc1S(=O)(=O)NCc1cccc(C(F)(F)F)c1. The van der Waals surface area contributed by atoms with Gasteiger partial charge < -0.3 is 4.74 Å². The summed E-state index contributed by atoms with van der Waals surface area (Å²) >= 11 is 0. The third-order valence-corrected chi connectivity index (χ3v) is 4.79. The summed E-state index contributed by atoms with van der Waals surface area (Å²) in [7, 11) is -3.08. The summed E-state index contributed by atoms with van der Waals surface area (Å²) in [5.41, 5.74) is -1.31. The molecule has 0 saturated carbocycles. The Hall–Kier alpha value is -2.66. The van der Waals surface area contributed by atoms with E-state index in [4.69, 9.17) is 4.74 Å². The van der Waals surface area contributed by atoms with Gasteiger partial charge in [-0.3, -0.25) is 10.1 Å². The van der Waals surface area contributed by atoms with E-state index in [9.17, 15) is 31.7 Å². The summed E-state index contributed by atoms with van der Waals surface area (Å²) in [5, 5.41) is 10.8. The van der Waals surface area contributed by atoms with Gasteiger partial charge in [0.25, 0.3) is 5.69 Å². The molecule has 0 heterocycles. The van der Waals surface area contributed by atoms with Crippen molar-refractivity contribution in [1.29, 1.82) is 0 Å². The number of alkyl halides is 3. The fraction of sp³-hybridized carbons (Fsp3) is 0.200. The lowest BCUT2D eigenvalue weighted by atomic mass is 10.1. The van der Waals surface area contributed by atoms with Crippen LogP contribution < -0.4 is 9.46 Å². The summed E-state index contributed by atoms with van der Waals surface area (Å²) in [4.78, 5) is 9.58. The molecular formula is C15H13F3N2O5S. The highest BCUT2D eigenvalue weighted by Crippen LogP contribution is 2.30. The maximum absolute atomic E-state index is 12.7. The van der Waals surface area contributed by atoms with Crippen LogP contribution in [0.3, 0.4) is 0 Å². The van der Waals surface area contributed by atoms with Gasteiger partial charge in [0, 0.05) is 18.7 Å². The molecule has 0 aliphatic heterocycles. The zero-order valence-corrected chi connectivity index (χ0v) is 14.1. The third kappa shape index (κ3) is 4.49. The Morgan fingerprint density at radius 3 is 2.46 bits per heavy atom. The van der Waals surface area contributed by atoms with Crippen molar-refractivity contribution in [2.45, 2.75) is 17.6 Å². The maximum atomic E-state index is 12.7. The van der Waals surface area contributed by atoms with Gasteiger partial charge in [-0.25, -0.2) is 13.1 Å². The molecule has 26 heavy (non-hydrogen) atoms. The van der Waals surface area contributed by atoms with E-state index in [1.54, 1.807) is 0 Å². The maximum Gasteiger partial charge on any atom is 0.416 e. The molecule has 7 nitrogen and oxygen atoms in total. The number of nitrogens with zero attached hydrogens (tertiary/aromatic N) is 1. The number of nitro benzene ring substituents is 1. The average Bonchev–Trinajstić information content (AvgIpc) is 2.59. The summed E-state index contributed by atoms with van der Waals surface area (Å²) in [6, 6.07) is 7.16. The molecule has 2 aromatic carbocycles. The van der Waals surface area contributed by atoms with Crippen LogP contribution in [-0.2, 0) is 22.7 Å². The number of rotatable bonds is 6. The van der Waals surface area contributed by atoms with Crippen molar-refractivity contribution in [3.8, 4) is 5.75 Å². The quantitative estimate of drug-likeness (QED) is 0.604. The Bertz CT molecular complexity index is 929. The van der Waals surface area contributed by atoms with Gasteiger partial charge >= 0.3 is 6.18 Å². The number of nitro groups is 1. The van der Waals surface area contributed by atoms with Crippen molar-refractivity contribution in [2.75, 3.05) is 7.11 Å². The van der Waals surface area contributed by atoms with E-state index in [-0.39, 0.29) is 11.3 Å². The Morgan fingerprint density at radius 2 is 1.88 bits per heavy atom. The molecule has 0 atom stereocenters. The average molecular weight is 390 g/mol. The lowest BCUT2D eigenvalue weighted by Gasteiger charge is -2.12. The second kappa shape index (κ2) is 7.30. The Labute approximate surface area is 146 Å². The van der Waals surface area contributed by atoms with Crippen molar-refractivity contribution < 1.29 is 31.2 Å². The van der Waals surface area contributed by atoms with Gasteiger partial charge in [-0.2, -0.15) is 13.2 Å². The molecule has 2 aromatic rings. The summed E-state index contributed by atoms with van der Waals surface area (Å²) in [6.45, 7) is -0.432. The predicted molar refractivity (Wildman–Crippen MR) is 85.1 cm³/mol. The van der Waals surface area contributed by atoms with Crippen molar-refractivity contribution in [3.63, 3.8) is 0 Å². The first kappa shape index (κ1) is 19.7. The number of non-ortho nitro benzene ring substituents is 1. The highest BCUT2D eigenvalue weighted by Gasteiger charge is 2.30. The number of ether oxygens (including phenoxy) is 1. The zero-order chi connectivity index (χ0) is 19.5. The van der Waals surface area contributed by atoms with Gasteiger partial charge in [0.05, 0.1) is 17.6 Å². The van der Waals surface area contributed by atoms with Crippen molar-refractivity contribution >= 4 is 15.7 Å². The highest BCUT2D eigenvalue weighted by atomic mass is 32.2. The van der Waals surface area contributed by atoms with Crippen LogP contribution in [0.2, 0.25) is 0 Å². The van der Waals surface area contributed by atoms with Gasteiger partial charge in [0.15, 0.2) is 0 Å². The number of nitrogens with one attached hydrogen (secondary N) is 1. The van der Waals surface area contributed by atoms with Gasteiger partial charge in [0.2, 0.25) is 10.0 Å². The van der Waals surface area contributed by atoms with Gasteiger partial charge in [-0.1, -0.05) is 18.2 Å². The van der Waals surface area contributed by atoms with E-state index < -0.39 is 43.8 Å². The van der Waals surface area contributed by atoms with Crippen LogP contribution in [0.5, 0.6) is 5.75 Å². The van der Waals surface area contributed by atoms with E-state index in [1.165, 1.54) is 13.2 Å². The molecule has 0 bridgehead atoms. The second-order valence-electron chi connectivity index (χ2n) is 5.11. The van der Waals surface area contributed by atoms with Gasteiger partial charge in [0.1, 0.15) is 10.6 Å². The van der Waals surface area contributed by atoms with E-state index in [1.807, 2.05) is 0 Å². The second-order valence-corrected chi connectivity index (χ2v) is 6.85. The number of methoxy groups -OCH3 is 1. The number of sulfonamides is 1. The van der Waals surface area contributed by atoms with Crippen LogP contribution in [0.4, 0.5) is 18.9 Å². The standard InChI is InChI=1S/C15H13F3N2O5S/c1-25-13-6-5-12(20(21)22)8-14(13)26(23,24)19-9-10-3-2-4-11(7-10)15(16,17)18/h2-8,19H,9H2,1H3. The summed E-state index contributed by atoms with van der Waals surface area (Å²) in [5.74, 6) is -0.132. The molecule has 2 rings (SSSR count). The Kier molecular flexibility index (Phi) is 5.52. The normalized spacial score (nSPS) is 12.0. The van der Waals surface area contributed by atoms with Crippen LogP contribution in [0.15, 0.2) is 47.4 Å². The molecule has 0 unspecified atom stereocenters. The van der Waals surface area contributed by atoms with Crippen LogP contribution in [0.1, 0.15) is 11.1 Å². The molecule has 1 N–H and O–H groups in total. The molecule has 0 aliphatic carbocycles. The fourth-order valence-corrected chi connectivity index (χ4v) is 3.31. The minimum atomic E-state index is -4.56. The predicted octanol–water partition coefficient (Wildman–Crippen LogP) is 3.10. The lowest BCUT2D eigenvalue weighted by Crippen LogP contribution is -2.24. The minimum Gasteiger partial charge on any atom is -0.495 e. The van der Waals surface area contributed by atoms with Crippen LogP contribution in [0.25, 0.3) is 0 Å². The first-order valence-corrected chi connectivity index (χ1v) is 8.51. The molecule has 11 heteroatoms. The molecule has 0 radical (unpaired) electrons. The van der Waals surface area contributed by atoms with Crippen molar-refractivity contribution in [3.05, 3.63) is 63.7 Å². The van der Waals surface area contributed by atoms with Crippen LogP contribution in [0, 0.1) is 10.1 Å². The zero-order valence-electron chi connectivity index (χ0n) is 13.3. The molecule has 0 fully saturated rings. The van der Waals surface area contributed by atoms with Crippen molar-refractivity contribution in [2.24, 2.45) is 0 Å². The smallest absolute Gasteiger partial charge is 0.416 e. The number of hydrogen-bond acceptors (Lipinski definition) is 5. The van der Waals surface area contributed by atoms with E-state index in [0.717, 1.165) is 36.4 Å². The minimum absolute atomic E-state index is 0.0767. The topological polar surface area (TPSA) is 98.5 Å². The van der Waals surface area contributed by atoms with E-state index in [0.29, 0.717) is 0 Å². The first-order chi connectivity index (χ1) is 12.0. The fourth-order valence-electron chi connectivity index (χ4n) is 2.10. The molecule has 0 aliphatic rings. The van der Waals surface area contributed by atoms with Gasteiger partial charge in [-0.05, 0) is 17.7 Å². The molecule has 140 valence electrons. The van der Waals surface area contributed by atoms with E-state index in [2.05, 4.69) is 4.72 Å². The molecule has 0 aromatic heterocycles. The van der Waals surface area contributed by atoms with Crippen LogP contribution in [-0.4, -0.2) is 20.5 Å². The molecular weight excluding hydrogens is 377 g/mol. The van der Waals surface area contributed by atoms with E-state index >= 15 is 0 Å². The monoisotopic (exact) mass is 390 g/mol. The first-order valence-electron chi connectivity index (χ1n) is 7.03. The van der Waals surface area contributed by atoms with Gasteiger partial charge in [-0.15, -0.1) is 0 Å². The lowest BCUT2D eigenvalue weighted by molar-refractivity contribution is -0.385. The third-order valence-electron chi connectivity index (χ3n) is 3.37. The summed E-state index contributed by atoms with van der Waals surface area (Å²) in [6.07, 6.45) is -4.56. The Morgan fingerprint density at radius 1 is 1.19 bits per heavy atom. The Balaban J connectivity index is 2.30. The number of hydrogen-bond donors (Lipinski definition) is 1. The van der Waals surface area contributed by atoms with Crippen LogP contribution >= 0.6 is 0 Å². The molecule has 0 saturated heterocycles.